The number of hydrogen-bond donors (Lipinski definition) is 7. The van der Waals surface area contributed by atoms with Crippen LogP contribution in [0.15, 0.2) is 155 Å². The fourth-order valence-electron chi connectivity index (χ4n) is 14.1. The molecule has 0 spiro atoms. The molecule has 30 nitrogen and oxygen atoms in total. The number of nitrogens with two attached hydrogens (primary N) is 1. The van der Waals surface area contributed by atoms with Gasteiger partial charge in [-0.2, -0.15) is 0 Å². The number of rotatable bonds is 43. The van der Waals surface area contributed by atoms with Crippen molar-refractivity contribution < 1.29 is 76.3 Å². The van der Waals surface area contributed by atoms with E-state index in [0.717, 1.165) is 87.6 Å². The number of thioether (sulfide) groups is 2. The molecule has 0 radical (unpaired) electrons. The maximum Gasteiger partial charge on any atom is 0.415 e. The average Bonchev–Trinajstić information content (AvgIpc) is 1.58. The SMILES string of the molecule is CC[C@@H](NC(=O)CCOCCOCCOCCOCCNC(=O)c1ccc2nc3c(nc2c1)CSc1cccccccc(c1)SC3)C(=O)N[C@H](CCCNC(N)=O)C(=O)Nc1ccc(COC(=O)N(C)C[C@H](CCCCN2CCOCC2)N(C)C(=O)Oc2cc3c(c4ccccc24)[C@H](CCl)CN3C(=O)c2cc3cc(OCCN(C)C)ccc3[nH]2)cc1. The van der Waals surface area contributed by atoms with Crippen LogP contribution in [0.25, 0.3) is 32.7 Å². The Labute approximate surface area is 724 Å². The monoisotopic (exact) mass is 1730 g/mol. The number of halogens is 1. The highest BCUT2D eigenvalue weighted by molar-refractivity contribution is 7.99. The third-order valence-corrected chi connectivity index (χ3v) is 23.2. The van der Waals surface area contributed by atoms with Crippen molar-refractivity contribution >= 4 is 127 Å². The Morgan fingerprint density at radius 2 is 1.34 bits per heavy atom. The van der Waals surface area contributed by atoms with Crippen LogP contribution in [0, 0.1) is 0 Å². The Bertz CT molecular complexity index is 4930. The molecule has 3 aliphatic rings. The third-order valence-electron chi connectivity index (χ3n) is 20.8. The minimum atomic E-state index is -1.10. The highest BCUT2D eigenvalue weighted by Gasteiger charge is 2.37. The van der Waals surface area contributed by atoms with E-state index in [9.17, 15) is 38.4 Å². The summed E-state index contributed by atoms with van der Waals surface area (Å²) in [6.07, 6.45) is 1.31. The van der Waals surface area contributed by atoms with E-state index in [-0.39, 0.29) is 94.6 Å². The lowest BCUT2D eigenvalue weighted by molar-refractivity contribution is -0.131. The van der Waals surface area contributed by atoms with E-state index in [4.69, 9.17) is 65.2 Å². The van der Waals surface area contributed by atoms with E-state index in [0.29, 0.717) is 129 Å². The molecular formula is C89H111ClN14O16S2. The van der Waals surface area contributed by atoms with Crippen LogP contribution in [0.1, 0.15) is 101 Å². The van der Waals surface area contributed by atoms with Crippen LogP contribution in [-0.4, -0.2) is 260 Å². The number of benzene rings is 5. The topological polar surface area (TPSA) is 354 Å². The predicted molar refractivity (Wildman–Crippen MR) is 472 cm³/mol. The number of morpholine rings is 1. The average molecular weight is 1730 g/mol. The van der Waals surface area contributed by atoms with Crippen molar-refractivity contribution in [1.82, 2.24) is 55.8 Å². The van der Waals surface area contributed by atoms with Crippen molar-refractivity contribution in [1.29, 1.82) is 0 Å². The standard InChI is InChI=1S/C89H111ClN14O16S2/c1-6-71(98-81(105)31-38-113-43-45-116-47-48-117-46-44-114-39-33-92-83(106)61-25-29-73-75(50-61)97-78-59-122-68-19-11-9-7-8-10-18-67(52-68)121-58-77(78)96-73)84(107)99-74(22-16-32-93-87(91)110)85(108)94-64-26-23-60(24-27-64)57-119-88(111)101(4)56-65(17-14-15-34-103-36-40-115-41-37-103)102(5)89(112)120-80-53-79-82(70-21-13-12-20-69(70)80)63(54-90)55-104(79)86(109)76-51-62-49-66(28-30-72(62)95-76)118-42-35-100(2)3/h7-13,18-21,23-30,49-53,63,65,71,74,95H,6,14-17,22,31-48,54-59H2,1-5H3,(H,92,106)(H,94,108)(H,98,105)(H,99,107)(H3,91,93,110)/t63-,65+,71-,74-/m1/s1. The third kappa shape index (κ3) is 27.8. The predicted octanol–water partition coefficient (Wildman–Crippen LogP) is 11.4. The number of amides is 9. The highest BCUT2D eigenvalue weighted by Crippen LogP contribution is 2.47. The number of H-pyrrole nitrogens is 1. The van der Waals surface area contributed by atoms with Crippen molar-refractivity contribution in [2.24, 2.45) is 5.73 Å². The maximum absolute atomic E-state index is 14.7. The number of nitrogens with zero attached hydrogens (tertiary/aromatic N) is 7. The van der Waals surface area contributed by atoms with Gasteiger partial charge in [-0.05, 0) is 142 Å². The van der Waals surface area contributed by atoms with Gasteiger partial charge in [0, 0.05) is 133 Å². The number of hydrogen-bond acceptors (Lipinski definition) is 22. The summed E-state index contributed by atoms with van der Waals surface area (Å²) in [6, 6.07) is 41.9. The first-order valence-corrected chi connectivity index (χ1v) is 43.8. The molecule has 122 heavy (non-hydrogen) atoms. The van der Waals surface area contributed by atoms with E-state index >= 15 is 0 Å². The van der Waals surface area contributed by atoms with Crippen molar-refractivity contribution in [2.75, 3.05) is 169 Å². The number of aromatic nitrogens is 3. The molecule has 1 fully saturated rings. The molecule has 8 aromatic rings. The van der Waals surface area contributed by atoms with Crippen molar-refractivity contribution in [2.45, 2.75) is 104 Å². The molecule has 0 saturated carbocycles. The molecule has 5 heterocycles. The molecule has 3 aliphatic heterocycles. The number of urea groups is 1. The van der Waals surface area contributed by atoms with Gasteiger partial charge in [-0.3, -0.25) is 28.9 Å². The Morgan fingerprint density at radius 3 is 2.04 bits per heavy atom. The number of carbonyl (C=O) groups excluding carboxylic acids is 8. The van der Waals surface area contributed by atoms with E-state index in [1.165, 1.54) is 9.80 Å². The smallest absolute Gasteiger partial charge is 0.415 e. The van der Waals surface area contributed by atoms with Crippen LogP contribution in [0.5, 0.6) is 11.5 Å². The molecular weight excluding hydrogens is 1620 g/mol. The van der Waals surface area contributed by atoms with E-state index in [1.807, 2.05) is 104 Å². The highest BCUT2D eigenvalue weighted by atomic mass is 35.5. The molecule has 2 aromatic heterocycles. The molecule has 0 aliphatic carbocycles. The van der Waals surface area contributed by atoms with Gasteiger partial charge in [0.05, 0.1) is 100 Å². The Hall–Kier alpha value is -10.4. The van der Waals surface area contributed by atoms with E-state index in [2.05, 4.69) is 54.7 Å². The minimum absolute atomic E-state index is 0.0468. The minimum Gasteiger partial charge on any atom is -0.492 e. The number of primary amides is 1. The number of ether oxygens (including phenoxy) is 8. The summed E-state index contributed by atoms with van der Waals surface area (Å²) in [5, 5.41) is 16.0. The fourth-order valence-corrected chi connectivity index (χ4v) is 16.3. The number of fused-ring (bicyclic) bond motifs is 8. The second kappa shape index (κ2) is 47.9. The first-order valence-electron chi connectivity index (χ1n) is 41.3. The Kier molecular flexibility index (Phi) is 36.2. The quantitative estimate of drug-likeness (QED) is 0.0138. The second-order valence-electron chi connectivity index (χ2n) is 30.0. The molecule has 6 aromatic carbocycles. The van der Waals surface area contributed by atoms with Crippen LogP contribution in [0.3, 0.4) is 0 Å². The van der Waals surface area contributed by atoms with E-state index in [1.54, 1.807) is 91.9 Å². The van der Waals surface area contributed by atoms with Gasteiger partial charge in [0.15, 0.2) is 0 Å². The van der Waals surface area contributed by atoms with Gasteiger partial charge >= 0.3 is 18.2 Å². The summed E-state index contributed by atoms with van der Waals surface area (Å²) in [4.78, 5) is 133. The summed E-state index contributed by atoms with van der Waals surface area (Å²) < 4.78 is 46.3. The molecule has 33 heteroatoms. The summed E-state index contributed by atoms with van der Waals surface area (Å²) in [6.45, 7) is 9.58. The lowest BCUT2D eigenvalue weighted by Gasteiger charge is -2.31. The Morgan fingerprint density at radius 1 is 0.664 bits per heavy atom. The largest absolute Gasteiger partial charge is 0.492 e. The van der Waals surface area contributed by atoms with E-state index < -0.39 is 54.1 Å². The van der Waals surface area contributed by atoms with Gasteiger partial charge in [-0.1, -0.05) is 80.1 Å². The molecule has 4 atom stereocenters. The second-order valence-corrected chi connectivity index (χ2v) is 32.4. The fraction of sp³-hybridized carbons (Fsp3) is 0.438. The number of carbonyl (C=O) groups is 8. The zero-order chi connectivity index (χ0) is 86.1. The van der Waals surface area contributed by atoms with Gasteiger partial charge in [0.1, 0.15) is 42.5 Å². The normalized spacial score (nSPS) is 14.5. The van der Waals surface area contributed by atoms with Gasteiger partial charge in [-0.25, -0.2) is 24.4 Å². The lowest BCUT2D eigenvalue weighted by atomic mass is 9.95. The lowest BCUT2D eigenvalue weighted by Crippen LogP contribution is -2.52. The molecule has 2 bridgehead atoms. The number of aromatic amines is 1. The first-order chi connectivity index (χ1) is 59.3. The number of unbranched alkanes of at least 4 members (excludes halogenated alkanes) is 1. The number of likely N-dealkylation sites (N-methyl/N-ethyl adjacent to an activating group) is 3. The zero-order valence-corrected chi connectivity index (χ0v) is 72.2. The maximum atomic E-state index is 14.7. The molecule has 1 saturated heterocycles. The van der Waals surface area contributed by atoms with Crippen molar-refractivity contribution in [3.05, 3.63) is 179 Å². The summed E-state index contributed by atoms with van der Waals surface area (Å²) in [5.41, 5.74) is 12.6. The molecule has 652 valence electrons. The number of anilines is 2. The van der Waals surface area contributed by atoms with Crippen molar-refractivity contribution in [3.8, 4) is 11.5 Å². The number of nitrogens with one attached hydrogen (secondary N) is 6. The van der Waals surface area contributed by atoms with Crippen LogP contribution in [-0.2, 0) is 60.9 Å². The van der Waals surface area contributed by atoms with Gasteiger partial charge in [-0.15, -0.1) is 35.1 Å². The summed E-state index contributed by atoms with van der Waals surface area (Å²) in [5.74, 6) is 0.201. The molecule has 8 N–H and O–H groups in total. The van der Waals surface area contributed by atoms with Gasteiger partial charge in [0.2, 0.25) is 17.7 Å². The van der Waals surface area contributed by atoms with Crippen LogP contribution in [0.2, 0.25) is 0 Å². The Balaban J connectivity index is 0.590. The molecule has 9 amide bonds. The summed E-state index contributed by atoms with van der Waals surface area (Å²) >= 11 is 10.1. The van der Waals surface area contributed by atoms with Gasteiger partial charge in [0.25, 0.3) is 11.8 Å². The molecule has 11 rings (SSSR count). The first kappa shape index (κ1) is 92.3. The van der Waals surface area contributed by atoms with Crippen LogP contribution < -0.4 is 46.7 Å². The van der Waals surface area contributed by atoms with Gasteiger partial charge < -0.3 is 94.8 Å². The van der Waals surface area contributed by atoms with Crippen LogP contribution in [0.4, 0.5) is 25.8 Å². The summed E-state index contributed by atoms with van der Waals surface area (Å²) in [7, 11) is 7.22. The number of alkyl halides is 1. The molecule has 0 unspecified atom stereocenters. The zero-order valence-electron chi connectivity index (χ0n) is 69.8. The van der Waals surface area contributed by atoms with Crippen LogP contribution >= 0.6 is 35.1 Å². The van der Waals surface area contributed by atoms with Crippen molar-refractivity contribution in [3.63, 3.8) is 0 Å².